The summed E-state index contributed by atoms with van der Waals surface area (Å²) in [5.74, 6) is 0. The van der Waals surface area contributed by atoms with E-state index >= 15 is 0 Å². The van der Waals surface area contributed by atoms with E-state index in [1.165, 1.54) is 0 Å². The standard InChI is InChI=1S/C12H17N3O2/c1-12(2,7-16-3)15-11-14-9-5-4-8(13)6-10(9)17-11/h4-6H,7,13H2,1-3H3,(H,14,15). The third-order valence-corrected chi connectivity index (χ3v) is 2.36. The molecule has 1 heterocycles. The predicted octanol–water partition coefficient (Wildman–Crippen LogP) is 2.25. The van der Waals surface area contributed by atoms with E-state index in [4.69, 9.17) is 14.9 Å². The molecule has 0 saturated carbocycles. The summed E-state index contributed by atoms with van der Waals surface area (Å²) in [6, 6.07) is 5.88. The van der Waals surface area contributed by atoms with E-state index in [9.17, 15) is 0 Å². The molecule has 0 unspecified atom stereocenters. The van der Waals surface area contributed by atoms with Gasteiger partial charge < -0.3 is 20.2 Å². The molecule has 0 aliphatic rings. The Morgan fingerprint density at radius 1 is 1.47 bits per heavy atom. The van der Waals surface area contributed by atoms with Crippen molar-refractivity contribution in [3.8, 4) is 0 Å². The van der Waals surface area contributed by atoms with Crippen molar-refractivity contribution in [3.63, 3.8) is 0 Å². The smallest absolute Gasteiger partial charge is 0.296 e. The van der Waals surface area contributed by atoms with Gasteiger partial charge in [-0.1, -0.05) is 0 Å². The quantitative estimate of drug-likeness (QED) is 0.795. The van der Waals surface area contributed by atoms with Crippen LogP contribution in [0.4, 0.5) is 11.7 Å². The molecule has 1 aromatic carbocycles. The Labute approximate surface area is 100.0 Å². The number of hydrogen-bond acceptors (Lipinski definition) is 5. The van der Waals surface area contributed by atoms with Crippen LogP contribution >= 0.6 is 0 Å². The lowest BCUT2D eigenvalue weighted by atomic mass is 10.1. The summed E-state index contributed by atoms with van der Waals surface area (Å²) in [4.78, 5) is 4.33. The SMILES string of the molecule is COCC(C)(C)Nc1nc2ccc(N)cc2o1. The summed E-state index contributed by atoms with van der Waals surface area (Å²) in [6.07, 6.45) is 0. The number of nitrogens with zero attached hydrogens (tertiary/aromatic N) is 1. The Bertz CT molecular complexity index is 519. The number of ether oxygens (including phenoxy) is 1. The summed E-state index contributed by atoms with van der Waals surface area (Å²) in [6.45, 7) is 4.59. The molecule has 0 fully saturated rings. The van der Waals surface area contributed by atoms with Crippen molar-refractivity contribution in [3.05, 3.63) is 18.2 Å². The monoisotopic (exact) mass is 235 g/mol. The van der Waals surface area contributed by atoms with Gasteiger partial charge in [-0.15, -0.1) is 0 Å². The van der Waals surface area contributed by atoms with Gasteiger partial charge in [0.05, 0.1) is 12.1 Å². The molecule has 2 rings (SSSR count). The first kappa shape index (κ1) is 11.7. The second-order valence-electron chi connectivity index (χ2n) is 4.69. The van der Waals surface area contributed by atoms with Crippen LogP contribution in [0.1, 0.15) is 13.8 Å². The molecule has 2 aromatic rings. The second kappa shape index (κ2) is 4.25. The van der Waals surface area contributed by atoms with Crippen LogP contribution in [0.25, 0.3) is 11.1 Å². The average molecular weight is 235 g/mol. The Kier molecular flexibility index (Phi) is 2.93. The number of nitrogens with one attached hydrogen (secondary N) is 1. The third-order valence-electron chi connectivity index (χ3n) is 2.36. The van der Waals surface area contributed by atoms with Gasteiger partial charge in [0.1, 0.15) is 5.52 Å². The van der Waals surface area contributed by atoms with Crippen molar-refractivity contribution in [1.82, 2.24) is 4.98 Å². The average Bonchev–Trinajstić information content (AvgIpc) is 2.57. The van der Waals surface area contributed by atoms with E-state index in [1.54, 1.807) is 19.2 Å². The molecule has 3 N–H and O–H groups in total. The summed E-state index contributed by atoms with van der Waals surface area (Å²) in [5.41, 5.74) is 7.58. The molecule has 92 valence electrons. The number of methoxy groups -OCH3 is 1. The van der Waals surface area contributed by atoms with Gasteiger partial charge in [-0.2, -0.15) is 4.98 Å². The summed E-state index contributed by atoms with van der Waals surface area (Å²) < 4.78 is 10.7. The minimum absolute atomic E-state index is 0.235. The number of hydrogen-bond donors (Lipinski definition) is 2. The van der Waals surface area contributed by atoms with Crippen molar-refractivity contribution in [2.75, 3.05) is 24.8 Å². The molecule has 0 bridgehead atoms. The van der Waals surface area contributed by atoms with Crippen molar-refractivity contribution >= 4 is 22.8 Å². The number of anilines is 2. The van der Waals surface area contributed by atoms with E-state index in [0.29, 0.717) is 23.9 Å². The second-order valence-corrected chi connectivity index (χ2v) is 4.69. The number of nitrogen functional groups attached to an aromatic ring is 1. The molecule has 0 radical (unpaired) electrons. The van der Waals surface area contributed by atoms with Crippen LogP contribution in [-0.2, 0) is 4.74 Å². The molecule has 5 heteroatoms. The topological polar surface area (TPSA) is 73.3 Å². The third kappa shape index (κ3) is 2.68. The van der Waals surface area contributed by atoms with Crippen LogP contribution in [0.15, 0.2) is 22.6 Å². The van der Waals surface area contributed by atoms with E-state index < -0.39 is 0 Å². The highest BCUT2D eigenvalue weighted by Crippen LogP contribution is 2.23. The predicted molar refractivity (Wildman–Crippen MR) is 68.0 cm³/mol. The van der Waals surface area contributed by atoms with Gasteiger partial charge in [-0.05, 0) is 26.0 Å². The van der Waals surface area contributed by atoms with Crippen molar-refractivity contribution < 1.29 is 9.15 Å². The number of nitrogens with two attached hydrogens (primary N) is 1. The Hall–Kier alpha value is -1.75. The van der Waals surface area contributed by atoms with E-state index in [1.807, 2.05) is 19.9 Å². The summed E-state index contributed by atoms with van der Waals surface area (Å²) in [5, 5.41) is 3.18. The Morgan fingerprint density at radius 2 is 2.24 bits per heavy atom. The molecule has 0 spiro atoms. The van der Waals surface area contributed by atoms with Gasteiger partial charge >= 0.3 is 0 Å². The van der Waals surface area contributed by atoms with E-state index in [0.717, 1.165) is 5.52 Å². The van der Waals surface area contributed by atoms with Crippen LogP contribution in [0, 0.1) is 0 Å². The number of rotatable bonds is 4. The highest BCUT2D eigenvalue weighted by atomic mass is 16.5. The Morgan fingerprint density at radius 3 is 2.94 bits per heavy atom. The highest BCUT2D eigenvalue weighted by molar-refractivity contribution is 5.78. The lowest BCUT2D eigenvalue weighted by molar-refractivity contribution is 0.157. The molecule has 5 nitrogen and oxygen atoms in total. The van der Waals surface area contributed by atoms with Crippen LogP contribution in [0.3, 0.4) is 0 Å². The highest BCUT2D eigenvalue weighted by Gasteiger charge is 2.20. The normalized spacial score (nSPS) is 11.9. The van der Waals surface area contributed by atoms with Crippen LogP contribution in [0.5, 0.6) is 0 Å². The van der Waals surface area contributed by atoms with Crippen molar-refractivity contribution in [2.45, 2.75) is 19.4 Å². The number of aromatic nitrogens is 1. The minimum atomic E-state index is -0.235. The summed E-state index contributed by atoms with van der Waals surface area (Å²) in [7, 11) is 1.66. The number of oxazole rings is 1. The fourth-order valence-corrected chi connectivity index (χ4v) is 1.68. The van der Waals surface area contributed by atoms with Crippen LogP contribution in [-0.4, -0.2) is 24.2 Å². The zero-order chi connectivity index (χ0) is 12.5. The maximum Gasteiger partial charge on any atom is 0.296 e. The lowest BCUT2D eigenvalue weighted by Gasteiger charge is -2.23. The number of fused-ring (bicyclic) bond motifs is 1. The first-order valence-electron chi connectivity index (χ1n) is 5.43. The molecular weight excluding hydrogens is 218 g/mol. The fourth-order valence-electron chi connectivity index (χ4n) is 1.68. The molecule has 0 amide bonds. The van der Waals surface area contributed by atoms with Gasteiger partial charge in [-0.25, -0.2) is 0 Å². The minimum Gasteiger partial charge on any atom is -0.423 e. The first-order valence-corrected chi connectivity index (χ1v) is 5.43. The van der Waals surface area contributed by atoms with Gasteiger partial charge in [-0.3, -0.25) is 0 Å². The molecule has 0 saturated heterocycles. The van der Waals surface area contributed by atoms with Crippen molar-refractivity contribution in [2.24, 2.45) is 0 Å². The molecule has 17 heavy (non-hydrogen) atoms. The molecule has 0 atom stereocenters. The van der Waals surface area contributed by atoms with Crippen molar-refractivity contribution in [1.29, 1.82) is 0 Å². The van der Waals surface area contributed by atoms with E-state index in [2.05, 4.69) is 10.3 Å². The van der Waals surface area contributed by atoms with Gasteiger partial charge in [0.15, 0.2) is 5.58 Å². The Balaban J connectivity index is 2.25. The largest absolute Gasteiger partial charge is 0.423 e. The number of benzene rings is 1. The maximum absolute atomic E-state index is 5.68. The maximum atomic E-state index is 5.68. The zero-order valence-corrected chi connectivity index (χ0v) is 10.3. The van der Waals surface area contributed by atoms with Crippen LogP contribution in [0.2, 0.25) is 0 Å². The van der Waals surface area contributed by atoms with Gasteiger partial charge in [0.2, 0.25) is 0 Å². The molecular formula is C12H17N3O2. The lowest BCUT2D eigenvalue weighted by Crippen LogP contribution is -2.35. The molecule has 1 aromatic heterocycles. The van der Waals surface area contributed by atoms with Crippen LogP contribution < -0.4 is 11.1 Å². The van der Waals surface area contributed by atoms with Gasteiger partial charge in [0, 0.05) is 18.9 Å². The zero-order valence-electron chi connectivity index (χ0n) is 10.3. The molecule has 0 aliphatic carbocycles. The fraction of sp³-hybridized carbons (Fsp3) is 0.417. The molecule has 0 aliphatic heterocycles. The summed E-state index contributed by atoms with van der Waals surface area (Å²) >= 11 is 0. The van der Waals surface area contributed by atoms with E-state index in [-0.39, 0.29) is 5.54 Å². The van der Waals surface area contributed by atoms with Gasteiger partial charge in [0.25, 0.3) is 6.01 Å². The first-order chi connectivity index (χ1) is 8.00.